The fraction of sp³-hybridized carbons (Fsp3) is 0.400. The Balaban J connectivity index is 0.00000392. The molecular formula is C20H29BrIN5O. The lowest BCUT2D eigenvalue weighted by molar-refractivity contribution is -0.118. The molecule has 0 bridgehead atoms. The highest BCUT2D eigenvalue weighted by atomic mass is 127. The first-order valence-corrected chi connectivity index (χ1v) is 9.71. The number of guanidine groups is 1. The standard InChI is InChI=1S/C20H28BrN5O.HI/c1-14(2)19(27)24-17-8-6-15(7-9-17)11-23-20(22-3)26(5)13-18-10-16(21)12-25(18)4;/h6-10,12,14H,11,13H2,1-5H3,(H,22,23)(H,24,27);1H. The molecule has 0 radical (unpaired) electrons. The van der Waals surface area contributed by atoms with Gasteiger partial charge in [0.2, 0.25) is 5.91 Å². The van der Waals surface area contributed by atoms with E-state index in [0.717, 1.165) is 28.2 Å². The third-order valence-corrected chi connectivity index (χ3v) is 4.68. The largest absolute Gasteiger partial charge is 0.352 e. The number of hydrogen-bond acceptors (Lipinski definition) is 2. The molecule has 1 aromatic carbocycles. The first-order chi connectivity index (χ1) is 12.8. The molecule has 1 heterocycles. The van der Waals surface area contributed by atoms with E-state index in [0.29, 0.717) is 6.54 Å². The maximum atomic E-state index is 11.8. The van der Waals surface area contributed by atoms with Crippen LogP contribution in [0.4, 0.5) is 5.69 Å². The molecule has 8 heteroatoms. The first-order valence-electron chi connectivity index (χ1n) is 8.92. The third kappa shape index (κ3) is 7.12. The Bertz CT molecular complexity index is 801. The highest BCUT2D eigenvalue weighted by Gasteiger charge is 2.10. The highest BCUT2D eigenvalue weighted by molar-refractivity contribution is 14.0. The van der Waals surface area contributed by atoms with Crippen molar-refractivity contribution in [1.82, 2.24) is 14.8 Å². The van der Waals surface area contributed by atoms with Crippen LogP contribution in [0.25, 0.3) is 0 Å². The first kappa shape index (κ1) is 24.5. The summed E-state index contributed by atoms with van der Waals surface area (Å²) in [7, 11) is 5.83. The number of carbonyl (C=O) groups is 1. The number of halogens is 2. The molecule has 1 aromatic heterocycles. The summed E-state index contributed by atoms with van der Waals surface area (Å²) >= 11 is 3.51. The number of aliphatic imine (C=N–C) groups is 1. The normalized spacial score (nSPS) is 11.2. The van der Waals surface area contributed by atoms with Gasteiger partial charge in [0.1, 0.15) is 0 Å². The Morgan fingerprint density at radius 2 is 1.93 bits per heavy atom. The van der Waals surface area contributed by atoms with Crippen molar-refractivity contribution >= 4 is 57.5 Å². The van der Waals surface area contributed by atoms with Crippen molar-refractivity contribution in [1.29, 1.82) is 0 Å². The van der Waals surface area contributed by atoms with E-state index in [-0.39, 0.29) is 35.8 Å². The summed E-state index contributed by atoms with van der Waals surface area (Å²) in [6, 6.07) is 9.96. The van der Waals surface area contributed by atoms with Gasteiger partial charge < -0.3 is 20.1 Å². The zero-order valence-corrected chi connectivity index (χ0v) is 20.9. The predicted molar refractivity (Wildman–Crippen MR) is 130 cm³/mol. The summed E-state index contributed by atoms with van der Waals surface area (Å²) < 4.78 is 3.17. The third-order valence-electron chi connectivity index (χ3n) is 4.24. The zero-order valence-electron chi connectivity index (χ0n) is 17.0. The van der Waals surface area contributed by atoms with Crippen molar-refractivity contribution in [3.8, 4) is 0 Å². The van der Waals surface area contributed by atoms with Crippen molar-refractivity contribution in [3.63, 3.8) is 0 Å². The lowest BCUT2D eigenvalue weighted by Gasteiger charge is -2.22. The Labute approximate surface area is 192 Å². The fourth-order valence-electron chi connectivity index (χ4n) is 2.60. The minimum Gasteiger partial charge on any atom is -0.352 e. The van der Waals surface area contributed by atoms with Gasteiger partial charge in [-0.3, -0.25) is 9.79 Å². The van der Waals surface area contributed by atoms with Crippen LogP contribution in [0.3, 0.4) is 0 Å². The Hall–Kier alpha value is -1.55. The molecule has 0 unspecified atom stereocenters. The molecule has 0 aliphatic rings. The number of nitrogens with one attached hydrogen (secondary N) is 2. The maximum absolute atomic E-state index is 11.8. The number of aryl methyl sites for hydroxylation is 1. The number of hydrogen-bond donors (Lipinski definition) is 2. The number of nitrogens with zero attached hydrogens (tertiary/aromatic N) is 3. The number of amides is 1. The van der Waals surface area contributed by atoms with Crippen LogP contribution in [0.5, 0.6) is 0 Å². The maximum Gasteiger partial charge on any atom is 0.226 e. The molecule has 0 aliphatic heterocycles. The molecule has 2 aromatic rings. The van der Waals surface area contributed by atoms with Gasteiger partial charge in [0.15, 0.2) is 5.96 Å². The van der Waals surface area contributed by atoms with E-state index in [2.05, 4.69) is 47.1 Å². The number of carbonyl (C=O) groups excluding carboxylic acids is 1. The zero-order chi connectivity index (χ0) is 20.0. The second kappa shape index (κ2) is 11.5. The summed E-state index contributed by atoms with van der Waals surface area (Å²) in [5.41, 5.74) is 3.12. The van der Waals surface area contributed by atoms with Crippen LogP contribution >= 0.6 is 39.9 Å². The molecule has 0 aliphatic carbocycles. The van der Waals surface area contributed by atoms with Gasteiger partial charge in [-0.1, -0.05) is 26.0 Å². The van der Waals surface area contributed by atoms with Gasteiger partial charge in [-0.15, -0.1) is 24.0 Å². The number of aromatic nitrogens is 1. The minimum atomic E-state index is -0.0324. The minimum absolute atomic E-state index is 0. The van der Waals surface area contributed by atoms with Crippen molar-refractivity contribution < 1.29 is 4.79 Å². The van der Waals surface area contributed by atoms with E-state index in [4.69, 9.17) is 0 Å². The lowest BCUT2D eigenvalue weighted by atomic mass is 10.1. The van der Waals surface area contributed by atoms with Gasteiger partial charge >= 0.3 is 0 Å². The molecule has 6 nitrogen and oxygen atoms in total. The van der Waals surface area contributed by atoms with Gasteiger partial charge in [-0.05, 0) is 39.7 Å². The average molecular weight is 562 g/mol. The smallest absolute Gasteiger partial charge is 0.226 e. The molecule has 2 rings (SSSR count). The second-order valence-corrected chi connectivity index (χ2v) is 7.77. The molecule has 154 valence electrons. The van der Waals surface area contributed by atoms with Gasteiger partial charge in [0.05, 0.1) is 6.54 Å². The highest BCUT2D eigenvalue weighted by Crippen LogP contribution is 2.15. The molecule has 0 atom stereocenters. The molecule has 2 N–H and O–H groups in total. The SMILES string of the molecule is CN=C(NCc1ccc(NC(=O)C(C)C)cc1)N(C)Cc1cc(Br)cn1C.I. The lowest BCUT2D eigenvalue weighted by Crippen LogP contribution is -2.38. The quantitative estimate of drug-likeness (QED) is 0.315. The Kier molecular flexibility index (Phi) is 10.0. The summed E-state index contributed by atoms with van der Waals surface area (Å²) in [5.74, 6) is 0.815. The van der Waals surface area contributed by atoms with Gasteiger partial charge in [0, 0.05) is 55.7 Å². The van der Waals surface area contributed by atoms with E-state index in [1.165, 1.54) is 5.69 Å². The topological polar surface area (TPSA) is 61.7 Å². The van der Waals surface area contributed by atoms with E-state index in [1.807, 2.05) is 58.4 Å². The van der Waals surface area contributed by atoms with E-state index < -0.39 is 0 Å². The van der Waals surface area contributed by atoms with Crippen LogP contribution in [0.2, 0.25) is 0 Å². The van der Waals surface area contributed by atoms with E-state index in [9.17, 15) is 4.79 Å². The Morgan fingerprint density at radius 3 is 2.43 bits per heavy atom. The predicted octanol–water partition coefficient (Wildman–Crippen LogP) is 4.21. The molecule has 28 heavy (non-hydrogen) atoms. The molecule has 1 amide bonds. The van der Waals surface area contributed by atoms with Gasteiger partial charge in [0.25, 0.3) is 0 Å². The molecule has 0 saturated heterocycles. The summed E-state index contributed by atoms with van der Waals surface area (Å²) in [4.78, 5) is 18.2. The summed E-state index contributed by atoms with van der Waals surface area (Å²) in [5, 5.41) is 6.28. The molecule has 0 fully saturated rings. The van der Waals surface area contributed by atoms with Crippen molar-refractivity contribution in [2.45, 2.75) is 26.9 Å². The molecule has 0 spiro atoms. The average Bonchev–Trinajstić information content (AvgIpc) is 2.93. The second-order valence-electron chi connectivity index (χ2n) is 6.86. The van der Waals surface area contributed by atoms with Crippen LogP contribution in [-0.2, 0) is 24.9 Å². The Morgan fingerprint density at radius 1 is 1.29 bits per heavy atom. The van der Waals surface area contributed by atoms with Crippen molar-refractivity contribution in [3.05, 3.63) is 52.3 Å². The molecule has 0 saturated carbocycles. The number of rotatable bonds is 6. The van der Waals surface area contributed by atoms with Crippen LogP contribution in [0.15, 0.2) is 46.0 Å². The monoisotopic (exact) mass is 561 g/mol. The van der Waals surface area contributed by atoms with Gasteiger partial charge in [-0.2, -0.15) is 0 Å². The van der Waals surface area contributed by atoms with Crippen LogP contribution in [0, 0.1) is 5.92 Å². The van der Waals surface area contributed by atoms with E-state index in [1.54, 1.807) is 7.05 Å². The van der Waals surface area contributed by atoms with Crippen molar-refractivity contribution in [2.75, 3.05) is 19.4 Å². The van der Waals surface area contributed by atoms with E-state index >= 15 is 0 Å². The van der Waals surface area contributed by atoms with Crippen LogP contribution in [0.1, 0.15) is 25.1 Å². The van der Waals surface area contributed by atoms with Crippen molar-refractivity contribution in [2.24, 2.45) is 18.0 Å². The summed E-state index contributed by atoms with van der Waals surface area (Å²) in [6.07, 6.45) is 2.04. The summed E-state index contributed by atoms with van der Waals surface area (Å²) in [6.45, 7) is 5.17. The van der Waals surface area contributed by atoms with Crippen LogP contribution < -0.4 is 10.6 Å². The number of anilines is 1. The van der Waals surface area contributed by atoms with Crippen LogP contribution in [-0.4, -0.2) is 35.4 Å². The number of benzene rings is 1. The van der Waals surface area contributed by atoms with Gasteiger partial charge in [-0.25, -0.2) is 0 Å². The fourth-order valence-corrected chi connectivity index (χ4v) is 3.17. The molecular weight excluding hydrogens is 533 g/mol.